The van der Waals surface area contributed by atoms with Gasteiger partial charge in [0.15, 0.2) is 0 Å². The van der Waals surface area contributed by atoms with Crippen molar-refractivity contribution in [1.82, 2.24) is 0 Å². The van der Waals surface area contributed by atoms with E-state index in [0.29, 0.717) is 0 Å². The molecular weight excluding hydrogens is 399 g/mol. The van der Waals surface area contributed by atoms with Crippen molar-refractivity contribution < 1.29 is 57.7 Å². The summed E-state index contributed by atoms with van der Waals surface area (Å²) in [7, 11) is -0.243. The number of halogens is 3. The molecule has 1 aromatic rings. The number of benzene rings is 1. The molecule has 0 amide bonds. The monoisotopic (exact) mass is 422 g/mol. The number of unbranched alkanes of at least 4 members (excludes halogenated alkanes) is 2. The molecule has 0 radical (unpaired) electrons. The van der Waals surface area contributed by atoms with E-state index in [4.69, 9.17) is 0 Å². The summed E-state index contributed by atoms with van der Waals surface area (Å²) in [6.07, 6.45) is 5.37. The van der Waals surface area contributed by atoms with Gasteiger partial charge in [0.1, 0.15) is 0 Å². The van der Waals surface area contributed by atoms with Gasteiger partial charge in [0.05, 0.1) is 0 Å². The van der Waals surface area contributed by atoms with Crippen LogP contribution in [0, 0.1) is 0 Å². The Balaban J connectivity index is 0. The zero-order valence-electron chi connectivity index (χ0n) is 14.1. The molecule has 1 unspecified atom stereocenters. The van der Waals surface area contributed by atoms with Crippen LogP contribution >= 0.6 is 0 Å². The van der Waals surface area contributed by atoms with E-state index in [2.05, 4.69) is 71.5 Å². The fourth-order valence-electron chi connectivity index (χ4n) is 3.21. The van der Waals surface area contributed by atoms with Gasteiger partial charge < -0.3 is 37.2 Å². The van der Waals surface area contributed by atoms with Crippen LogP contribution in [0.4, 0.5) is 0 Å². The number of allylic oxidation sites excluding steroid dienone is 4. The summed E-state index contributed by atoms with van der Waals surface area (Å²) in [5.74, 6) is 0. The minimum Gasteiger partial charge on any atom is -1.00 e. The zero-order valence-corrected chi connectivity index (χ0v) is 19.4. The summed E-state index contributed by atoms with van der Waals surface area (Å²) in [5, 5.41) is 1.60. The molecule has 1 aliphatic rings. The van der Waals surface area contributed by atoms with Crippen LogP contribution in [0.5, 0.6) is 0 Å². The number of rotatable bonds is 6. The molecule has 0 saturated carbocycles. The average Bonchev–Trinajstić information content (AvgIpc) is 2.66. The van der Waals surface area contributed by atoms with E-state index in [0.717, 1.165) is 5.54 Å². The fraction of sp³-hybridized carbons (Fsp3) is 0.444. The van der Waals surface area contributed by atoms with Gasteiger partial charge in [-0.15, -0.1) is 0 Å². The van der Waals surface area contributed by atoms with Gasteiger partial charge in [-0.2, -0.15) is 0 Å². The van der Waals surface area contributed by atoms with Crippen molar-refractivity contribution in [3.8, 4) is 0 Å². The first-order valence-corrected chi connectivity index (χ1v) is 10.1. The molecule has 5 heteroatoms. The molecule has 23 heavy (non-hydrogen) atoms. The van der Waals surface area contributed by atoms with Crippen molar-refractivity contribution in [2.75, 3.05) is 0 Å². The Kier molecular flexibility index (Phi) is 14.3. The maximum Gasteiger partial charge on any atom is -1.00 e. The number of hydrogen-bond donors (Lipinski definition) is 0. The molecule has 0 spiro atoms. The molecular formula is C18H25Cl3SiTi. The van der Waals surface area contributed by atoms with Gasteiger partial charge in [-0.25, -0.2) is 0 Å². The fourth-order valence-corrected chi connectivity index (χ4v) is 6.33. The van der Waals surface area contributed by atoms with E-state index in [1.807, 2.05) is 0 Å². The maximum atomic E-state index is 2.37. The molecule has 0 N–H and O–H groups in total. The van der Waals surface area contributed by atoms with E-state index in [-0.39, 0.29) is 46.7 Å². The molecule has 1 aliphatic carbocycles. The van der Waals surface area contributed by atoms with Crippen LogP contribution in [-0.4, -0.2) is 9.52 Å². The average molecular weight is 424 g/mol. The Hall–Kier alpha value is 0.501. The second kappa shape index (κ2) is 12.8. The smallest absolute Gasteiger partial charge is 1.00 e. The Morgan fingerprint density at radius 3 is 2.17 bits per heavy atom. The predicted octanol–water partition coefficient (Wildman–Crippen LogP) is -4.99. The van der Waals surface area contributed by atoms with Crippen molar-refractivity contribution in [2.24, 2.45) is 0 Å². The molecule has 1 atom stereocenters. The van der Waals surface area contributed by atoms with Gasteiger partial charge in [-0.05, 0) is 0 Å². The van der Waals surface area contributed by atoms with Crippen molar-refractivity contribution in [1.29, 1.82) is 0 Å². The summed E-state index contributed by atoms with van der Waals surface area (Å²) in [6.45, 7) is 7.01. The molecule has 0 nitrogen and oxygen atoms in total. The number of hydrogen-bond acceptors (Lipinski definition) is 0. The topological polar surface area (TPSA) is 0 Å². The minimum absolute atomic E-state index is 0. The quantitative estimate of drug-likeness (QED) is 0.318. The zero-order chi connectivity index (χ0) is 14.5. The third kappa shape index (κ3) is 6.72. The molecule has 0 aromatic heterocycles. The molecule has 0 saturated heterocycles. The van der Waals surface area contributed by atoms with E-state index in [1.54, 1.807) is 25.8 Å². The van der Waals surface area contributed by atoms with Crippen LogP contribution in [0.15, 0.2) is 50.9 Å². The van der Waals surface area contributed by atoms with Crippen LogP contribution in [0.25, 0.3) is 0 Å². The standard InChI is InChI=1S/C18H25Si.3ClH.Ti/c1-4-5-7-12-17-14(2)13-15(3)18(17)19-16-10-8-6-9-11-16;;;;/h6,8-11,18H,4-5,7,12,19H2,1-3H3;3*1H;/q;;;;+3/p-3. The van der Waals surface area contributed by atoms with Gasteiger partial charge in [0, 0.05) is 0 Å². The molecule has 126 valence electrons. The van der Waals surface area contributed by atoms with E-state index < -0.39 is 0 Å². The normalized spacial score (nSPS) is 17.2. The van der Waals surface area contributed by atoms with Crippen LogP contribution in [0.2, 0.25) is 5.54 Å². The van der Waals surface area contributed by atoms with Crippen molar-refractivity contribution >= 4 is 14.7 Å². The van der Waals surface area contributed by atoms with E-state index >= 15 is 0 Å². The van der Waals surface area contributed by atoms with Gasteiger partial charge in [-0.3, -0.25) is 0 Å². The molecule has 0 bridgehead atoms. The maximum absolute atomic E-state index is 2.37. The van der Waals surface area contributed by atoms with Crippen LogP contribution < -0.4 is 42.4 Å². The Morgan fingerprint density at radius 2 is 1.61 bits per heavy atom. The van der Waals surface area contributed by atoms with Crippen molar-refractivity contribution in [2.45, 2.75) is 52.0 Å². The summed E-state index contributed by atoms with van der Waals surface area (Å²) in [4.78, 5) is 0. The molecule has 0 aliphatic heterocycles. The summed E-state index contributed by atoms with van der Waals surface area (Å²) in [6, 6.07) is 11.2. The first-order chi connectivity index (χ1) is 9.65. The van der Waals surface area contributed by atoms with Gasteiger partial charge in [-0.1, -0.05) is 0 Å². The largest absolute Gasteiger partial charge is 1.00 e. The van der Waals surface area contributed by atoms with Gasteiger partial charge in [0.2, 0.25) is 0 Å². The Labute approximate surface area is 174 Å². The summed E-state index contributed by atoms with van der Waals surface area (Å²) in [5.41, 5.74) is 5.81. The minimum atomic E-state index is -0.243. The second-order valence-corrected chi connectivity index (χ2v) is 8.73. The summed E-state index contributed by atoms with van der Waals surface area (Å²) >= 11 is 2.32. The van der Waals surface area contributed by atoms with E-state index in [9.17, 15) is 0 Å². The van der Waals surface area contributed by atoms with Gasteiger partial charge >= 0.3 is 138 Å². The molecule has 0 heterocycles. The van der Waals surface area contributed by atoms with Crippen LogP contribution in [0.1, 0.15) is 46.5 Å². The van der Waals surface area contributed by atoms with E-state index in [1.165, 1.54) is 25.7 Å². The second-order valence-electron chi connectivity index (χ2n) is 5.91. The van der Waals surface area contributed by atoms with Crippen LogP contribution in [-0.2, 0) is 20.4 Å². The summed E-state index contributed by atoms with van der Waals surface area (Å²) < 4.78 is 1.57. The third-order valence-electron chi connectivity index (χ3n) is 4.53. The van der Waals surface area contributed by atoms with Gasteiger partial charge in [0.25, 0.3) is 0 Å². The van der Waals surface area contributed by atoms with Crippen LogP contribution in [0.3, 0.4) is 0 Å². The SMILES string of the molecule is CCCCCC1=C(C)[C]([Ti+3])=C(C)C1[SiH2]c1ccccc1.[Cl-].[Cl-].[Cl-]. The third-order valence-corrected chi connectivity index (χ3v) is 8.18. The van der Waals surface area contributed by atoms with Crippen molar-refractivity contribution in [3.63, 3.8) is 0 Å². The first-order valence-electron chi connectivity index (χ1n) is 7.81. The molecule has 1 aromatic carbocycles. The van der Waals surface area contributed by atoms with Crippen molar-refractivity contribution in [3.05, 3.63) is 50.9 Å². The molecule has 2 rings (SSSR count). The predicted molar refractivity (Wildman–Crippen MR) is 87.9 cm³/mol. The first kappa shape index (κ1) is 25.7. The molecule has 0 fully saturated rings. The Bertz CT molecular complexity index is 526. The Morgan fingerprint density at radius 1 is 1.00 bits per heavy atom.